The zero-order chi connectivity index (χ0) is 14.1. The van der Waals surface area contributed by atoms with E-state index in [1.54, 1.807) is 0 Å². The van der Waals surface area contributed by atoms with Gasteiger partial charge in [0.05, 0.1) is 6.61 Å². The summed E-state index contributed by atoms with van der Waals surface area (Å²) in [6.07, 6.45) is -4.76. The van der Waals surface area contributed by atoms with Gasteiger partial charge in [-0.2, -0.15) is 0 Å². The SMILES string of the molecule is CO[C@@H]1OC2COC(c3ccccc3)O[C@H]2C(O)C1O. The van der Waals surface area contributed by atoms with Gasteiger partial charge in [-0.3, -0.25) is 0 Å². The van der Waals surface area contributed by atoms with Crippen molar-refractivity contribution in [2.75, 3.05) is 13.7 Å². The van der Waals surface area contributed by atoms with Crippen molar-refractivity contribution in [3.05, 3.63) is 35.9 Å². The minimum atomic E-state index is -1.14. The molecule has 2 aliphatic rings. The predicted molar refractivity (Wildman–Crippen MR) is 67.7 cm³/mol. The Kier molecular flexibility index (Phi) is 4.02. The van der Waals surface area contributed by atoms with Gasteiger partial charge in [0.1, 0.15) is 24.4 Å². The highest BCUT2D eigenvalue weighted by molar-refractivity contribution is 5.16. The summed E-state index contributed by atoms with van der Waals surface area (Å²) in [6.45, 7) is 0.272. The second kappa shape index (κ2) is 5.77. The van der Waals surface area contributed by atoms with Crippen molar-refractivity contribution in [2.45, 2.75) is 37.0 Å². The van der Waals surface area contributed by atoms with Gasteiger partial charge >= 0.3 is 0 Å². The fourth-order valence-electron chi connectivity index (χ4n) is 2.55. The Balaban J connectivity index is 1.74. The average molecular weight is 282 g/mol. The van der Waals surface area contributed by atoms with Gasteiger partial charge in [-0.15, -0.1) is 0 Å². The molecule has 0 aliphatic carbocycles. The molecule has 110 valence electrons. The van der Waals surface area contributed by atoms with Crippen LogP contribution in [0.5, 0.6) is 0 Å². The van der Waals surface area contributed by atoms with E-state index in [1.807, 2.05) is 30.3 Å². The lowest BCUT2D eigenvalue weighted by Crippen LogP contribution is -2.62. The molecule has 2 N–H and O–H groups in total. The maximum atomic E-state index is 10.1. The zero-order valence-electron chi connectivity index (χ0n) is 11.1. The first kappa shape index (κ1) is 13.9. The van der Waals surface area contributed by atoms with Gasteiger partial charge in [0.2, 0.25) is 0 Å². The van der Waals surface area contributed by atoms with E-state index < -0.39 is 37.0 Å². The van der Waals surface area contributed by atoms with Crippen molar-refractivity contribution in [3.8, 4) is 0 Å². The van der Waals surface area contributed by atoms with Crippen LogP contribution in [0.1, 0.15) is 11.9 Å². The van der Waals surface area contributed by atoms with Crippen LogP contribution < -0.4 is 0 Å². The summed E-state index contributed by atoms with van der Waals surface area (Å²) in [4.78, 5) is 0. The number of rotatable bonds is 2. The minimum absolute atomic E-state index is 0.272. The van der Waals surface area contributed by atoms with Crippen molar-refractivity contribution in [1.82, 2.24) is 0 Å². The van der Waals surface area contributed by atoms with E-state index in [-0.39, 0.29) is 6.61 Å². The van der Waals surface area contributed by atoms with E-state index in [4.69, 9.17) is 18.9 Å². The molecular weight excluding hydrogens is 264 g/mol. The number of fused-ring (bicyclic) bond motifs is 1. The van der Waals surface area contributed by atoms with Crippen molar-refractivity contribution in [3.63, 3.8) is 0 Å². The molecule has 6 atom stereocenters. The van der Waals surface area contributed by atoms with Gasteiger partial charge in [0.15, 0.2) is 12.6 Å². The number of methoxy groups -OCH3 is 1. The molecule has 0 amide bonds. The molecule has 6 heteroatoms. The molecule has 1 aromatic rings. The van der Waals surface area contributed by atoms with Crippen LogP contribution in [0.2, 0.25) is 0 Å². The van der Waals surface area contributed by atoms with Crippen LogP contribution in [0.4, 0.5) is 0 Å². The van der Waals surface area contributed by atoms with Gasteiger partial charge in [0.25, 0.3) is 0 Å². The van der Waals surface area contributed by atoms with Crippen LogP contribution in [-0.2, 0) is 18.9 Å². The highest BCUT2D eigenvalue weighted by Crippen LogP contribution is 2.33. The molecule has 2 aliphatic heterocycles. The molecule has 0 spiro atoms. The minimum Gasteiger partial charge on any atom is -0.387 e. The molecule has 0 radical (unpaired) electrons. The Bertz CT molecular complexity index is 437. The smallest absolute Gasteiger partial charge is 0.186 e. The van der Waals surface area contributed by atoms with Crippen LogP contribution >= 0.6 is 0 Å². The fourth-order valence-corrected chi connectivity index (χ4v) is 2.55. The van der Waals surface area contributed by atoms with E-state index >= 15 is 0 Å². The van der Waals surface area contributed by atoms with E-state index in [1.165, 1.54) is 7.11 Å². The average Bonchev–Trinajstić information content (AvgIpc) is 2.51. The Morgan fingerprint density at radius 2 is 1.85 bits per heavy atom. The van der Waals surface area contributed by atoms with Gasteiger partial charge in [0, 0.05) is 12.7 Å². The summed E-state index contributed by atoms with van der Waals surface area (Å²) in [5.41, 5.74) is 0.863. The first-order valence-electron chi connectivity index (χ1n) is 6.57. The molecule has 2 fully saturated rings. The summed E-state index contributed by atoms with van der Waals surface area (Å²) >= 11 is 0. The predicted octanol–water partition coefficient (Wildman–Crippen LogP) is 0.194. The summed E-state index contributed by atoms with van der Waals surface area (Å²) in [5.74, 6) is 0. The first-order valence-corrected chi connectivity index (χ1v) is 6.57. The Hall–Kier alpha value is -1.02. The van der Waals surface area contributed by atoms with Crippen molar-refractivity contribution >= 4 is 0 Å². The number of ether oxygens (including phenoxy) is 4. The van der Waals surface area contributed by atoms with Crippen molar-refractivity contribution in [1.29, 1.82) is 0 Å². The summed E-state index contributed by atoms with van der Waals surface area (Å²) in [6, 6.07) is 9.45. The first-order chi connectivity index (χ1) is 9.70. The number of aliphatic hydroxyl groups excluding tert-OH is 2. The van der Waals surface area contributed by atoms with Crippen LogP contribution in [0.15, 0.2) is 30.3 Å². The molecule has 4 unspecified atom stereocenters. The van der Waals surface area contributed by atoms with E-state index in [2.05, 4.69) is 0 Å². The molecule has 0 bridgehead atoms. The molecule has 6 nitrogen and oxygen atoms in total. The standard InChI is InChI=1S/C14H18O6/c1-17-14-11(16)10(15)12-9(19-14)7-18-13(20-12)8-5-3-2-4-6-8/h2-6,9-16H,7H2,1H3/t9?,10?,11?,12-,13?,14-/m1/s1. The van der Waals surface area contributed by atoms with Crippen LogP contribution in [0, 0.1) is 0 Å². The number of aliphatic hydroxyl groups is 2. The lowest BCUT2D eigenvalue weighted by Gasteiger charge is -2.45. The van der Waals surface area contributed by atoms with Gasteiger partial charge in [-0.05, 0) is 0 Å². The number of hydrogen-bond acceptors (Lipinski definition) is 6. The molecule has 3 rings (SSSR count). The normalized spacial score (nSPS) is 41.1. The molecule has 1 aromatic carbocycles. The Morgan fingerprint density at radius 1 is 1.10 bits per heavy atom. The van der Waals surface area contributed by atoms with Crippen LogP contribution in [-0.4, -0.2) is 54.6 Å². The second-order valence-electron chi connectivity index (χ2n) is 4.94. The van der Waals surface area contributed by atoms with E-state index in [9.17, 15) is 10.2 Å². The van der Waals surface area contributed by atoms with Crippen LogP contribution in [0.25, 0.3) is 0 Å². The third-order valence-electron chi connectivity index (χ3n) is 3.64. The van der Waals surface area contributed by atoms with Crippen molar-refractivity contribution < 1.29 is 29.2 Å². The second-order valence-corrected chi connectivity index (χ2v) is 4.94. The Labute approximate surface area is 116 Å². The Morgan fingerprint density at radius 3 is 2.55 bits per heavy atom. The third kappa shape index (κ3) is 2.46. The largest absolute Gasteiger partial charge is 0.387 e. The fraction of sp³-hybridized carbons (Fsp3) is 0.571. The van der Waals surface area contributed by atoms with E-state index in [0.29, 0.717) is 0 Å². The maximum Gasteiger partial charge on any atom is 0.186 e. The monoisotopic (exact) mass is 282 g/mol. The molecule has 0 saturated carbocycles. The number of benzene rings is 1. The lowest BCUT2D eigenvalue weighted by molar-refractivity contribution is -0.358. The van der Waals surface area contributed by atoms with Crippen LogP contribution in [0.3, 0.4) is 0 Å². The van der Waals surface area contributed by atoms with Crippen molar-refractivity contribution in [2.24, 2.45) is 0 Å². The lowest BCUT2D eigenvalue weighted by atomic mass is 9.98. The third-order valence-corrected chi connectivity index (χ3v) is 3.64. The summed E-state index contributed by atoms with van der Waals surface area (Å²) in [5, 5.41) is 20.1. The quantitative estimate of drug-likeness (QED) is 0.806. The molecule has 2 saturated heterocycles. The molecule has 2 heterocycles. The highest BCUT2D eigenvalue weighted by atomic mass is 16.7. The molecule has 20 heavy (non-hydrogen) atoms. The maximum absolute atomic E-state index is 10.1. The summed E-state index contributed by atoms with van der Waals surface area (Å²) < 4.78 is 21.9. The van der Waals surface area contributed by atoms with Gasteiger partial charge < -0.3 is 29.2 Å². The zero-order valence-corrected chi connectivity index (χ0v) is 11.1. The topological polar surface area (TPSA) is 77.4 Å². The summed E-state index contributed by atoms with van der Waals surface area (Å²) in [7, 11) is 1.41. The highest BCUT2D eigenvalue weighted by Gasteiger charge is 2.48. The molecular formula is C14H18O6. The van der Waals surface area contributed by atoms with Gasteiger partial charge in [-0.25, -0.2) is 0 Å². The molecule has 0 aromatic heterocycles. The van der Waals surface area contributed by atoms with E-state index in [0.717, 1.165) is 5.56 Å². The number of hydrogen-bond donors (Lipinski definition) is 2. The van der Waals surface area contributed by atoms with Gasteiger partial charge in [-0.1, -0.05) is 30.3 Å².